The van der Waals surface area contributed by atoms with E-state index >= 15 is 0 Å². The Kier molecular flexibility index (Phi) is 4.15. The van der Waals surface area contributed by atoms with E-state index in [4.69, 9.17) is 10.00 Å². The van der Waals surface area contributed by atoms with Gasteiger partial charge in [0.1, 0.15) is 11.8 Å². The first-order valence-corrected chi connectivity index (χ1v) is 5.88. The van der Waals surface area contributed by atoms with Crippen LogP contribution >= 0.6 is 0 Å². The molecule has 1 saturated heterocycles. The van der Waals surface area contributed by atoms with Crippen LogP contribution in [0, 0.1) is 17.2 Å². The zero-order chi connectivity index (χ0) is 12.8. The molecule has 0 aliphatic carbocycles. The van der Waals surface area contributed by atoms with Gasteiger partial charge in [-0.05, 0) is 31.1 Å². The molecule has 0 aromatic heterocycles. The maximum Gasteiger partial charge on any atom is 0.224 e. The van der Waals surface area contributed by atoms with Crippen molar-refractivity contribution in [1.29, 1.82) is 5.26 Å². The standard InChI is InChI=1S/C13H15N3O2/c14-4-5-18-12-3-1-2-11(7-12)16-13(17)6-10-8-15-9-10/h1-3,7,10,15H,5-6,8-9H2,(H,16,17). The molecule has 2 N–H and O–H groups in total. The van der Waals surface area contributed by atoms with Crippen molar-refractivity contribution in [1.82, 2.24) is 5.32 Å². The maximum absolute atomic E-state index is 11.7. The Labute approximate surface area is 106 Å². The molecule has 0 spiro atoms. The first kappa shape index (κ1) is 12.4. The maximum atomic E-state index is 11.7. The predicted molar refractivity (Wildman–Crippen MR) is 67.2 cm³/mol. The third kappa shape index (κ3) is 3.47. The van der Waals surface area contributed by atoms with Crippen LogP contribution in [0.1, 0.15) is 6.42 Å². The molecule has 1 heterocycles. The van der Waals surface area contributed by atoms with Crippen molar-refractivity contribution >= 4 is 11.6 Å². The van der Waals surface area contributed by atoms with Gasteiger partial charge in [-0.1, -0.05) is 6.07 Å². The molecular formula is C13H15N3O2. The Morgan fingerprint density at radius 2 is 2.39 bits per heavy atom. The molecule has 1 aliphatic rings. The molecule has 2 rings (SSSR count). The molecule has 1 fully saturated rings. The highest BCUT2D eigenvalue weighted by molar-refractivity contribution is 5.91. The van der Waals surface area contributed by atoms with Gasteiger partial charge >= 0.3 is 0 Å². The molecule has 0 saturated carbocycles. The number of anilines is 1. The van der Waals surface area contributed by atoms with Crippen molar-refractivity contribution in [2.24, 2.45) is 5.92 Å². The van der Waals surface area contributed by atoms with Crippen molar-refractivity contribution in [2.75, 3.05) is 25.0 Å². The summed E-state index contributed by atoms with van der Waals surface area (Å²) in [6.45, 7) is 1.84. The smallest absolute Gasteiger partial charge is 0.224 e. The van der Waals surface area contributed by atoms with Crippen LogP contribution in [0.2, 0.25) is 0 Å². The largest absolute Gasteiger partial charge is 0.479 e. The molecule has 0 atom stereocenters. The topological polar surface area (TPSA) is 74.1 Å². The second-order valence-corrected chi connectivity index (χ2v) is 4.25. The molecule has 0 bridgehead atoms. The molecule has 94 valence electrons. The number of benzene rings is 1. The lowest BCUT2D eigenvalue weighted by Gasteiger charge is -2.26. The summed E-state index contributed by atoms with van der Waals surface area (Å²) in [4.78, 5) is 11.7. The minimum atomic E-state index is 0.00510. The van der Waals surface area contributed by atoms with E-state index in [1.807, 2.05) is 6.07 Å². The van der Waals surface area contributed by atoms with Crippen molar-refractivity contribution < 1.29 is 9.53 Å². The van der Waals surface area contributed by atoms with Crippen LogP contribution in [0.3, 0.4) is 0 Å². The molecular weight excluding hydrogens is 230 g/mol. The van der Waals surface area contributed by atoms with Gasteiger partial charge in [0.2, 0.25) is 5.91 Å². The normalized spacial score (nSPS) is 14.4. The molecule has 1 aromatic carbocycles. The number of carbonyl (C=O) groups is 1. The Bertz CT molecular complexity index is 464. The zero-order valence-corrected chi connectivity index (χ0v) is 9.98. The predicted octanol–water partition coefficient (Wildman–Crippen LogP) is 1.14. The minimum Gasteiger partial charge on any atom is -0.479 e. The minimum absolute atomic E-state index is 0.00510. The van der Waals surface area contributed by atoms with Crippen molar-refractivity contribution in [2.45, 2.75) is 6.42 Å². The van der Waals surface area contributed by atoms with Gasteiger partial charge in [0.15, 0.2) is 6.61 Å². The summed E-state index contributed by atoms with van der Waals surface area (Å²) in [5.41, 5.74) is 0.697. The van der Waals surface area contributed by atoms with Crippen molar-refractivity contribution in [3.8, 4) is 11.8 Å². The highest BCUT2D eigenvalue weighted by Gasteiger charge is 2.19. The van der Waals surface area contributed by atoms with E-state index < -0.39 is 0 Å². The lowest BCUT2D eigenvalue weighted by Crippen LogP contribution is -2.43. The van der Waals surface area contributed by atoms with Crippen LogP contribution in [0.15, 0.2) is 24.3 Å². The molecule has 0 radical (unpaired) electrons. The first-order chi connectivity index (χ1) is 8.78. The number of rotatable bonds is 5. The first-order valence-electron chi connectivity index (χ1n) is 5.88. The summed E-state index contributed by atoms with van der Waals surface area (Å²) in [6, 6.07) is 8.96. The number of hydrogen-bond donors (Lipinski definition) is 2. The van der Waals surface area contributed by atoms with Gasteiger partial charge in [0.05, 0.1) is 0 Å². The summed E-state index contributed by atoms with van der Waals surface area (Å²) < 4.78 is 5.17. The van der Waals surface area contributed by atoms with Crippen LogP contribution in [0.5, 0.6) is 5.75 Å². The third-order valence-electron chi connectivity index (χ3n) is 2.76. The van der Waals surface area contributed by atoms with E-state index in [-0.39, 0.29) is 12.5 Å². The van der Waals surface area contributed by atoms with Gasteiger partial charge in [-0.15, -0.1) is 0 Å². The van der Waals surface area contributed by atoms with Crippen LogP contribution in [0.4, 0.5) is 5.69 Å². The second kappa shape index (κ2) is 6.03. The fraction of sp³-hybridized carbons (Fsp3) is 0.385. The highest BCUT2D eigenvalue weighted by Crippen LogP contribution is 2.18. The lowest BCUT2D eigenvalue weighted by molar-refractivity contribution is -0.117. The van der Waals surface area contributed by atoms with Gasteiger partial charge in [-0.25, -0.2) is 0 Å². The van der Waals surface area contributed by atoms with E-state index in [9.17, 15) is 4.79 Å². The Morgan fingerprint density at radius 1 is 1.56 bits per heavy atom. The number of nitrogens with zero attached hydrogens (tertiary/aromatic N) is 1. The molecule has 1 aliphatic heterocycles. The van der Waals surface area contributed by atoms with Gasteiger partial charge in [0.25, 0.3) is 0 Å². The molecule has 1 aromatic rings. The van der Waals surface area contributed by atoms with Crippen LogP contribution in [0.25, 0.3) is 0 Å². The lowest BCUT2D eigenvalue weighted by atomic mass is 9.99. The van der Waals surface area contributed by atoms with Gasteiger partial charge < -0.3 is 15.4 Å². The summed E-state index contributed by atoms with van der Waals surface area (Å²) in [5.74, 6) is 1.04. The molecule has 18 heavy (non-hydrogen) atoms. The molecule has 0 unspecified atom stereocenters. The number of ether oxygens (including phenoxy) is 1. The van der Waals surface area contributed by atoms with Crippen LogP contribution in [-0.2, 0) is 4.79 Å². The number of amides is 1. The zero-order valence-electron chi connectivity index (χ0n) is 9.98. The Hall–Kier alpha value is -2.06. The monoisotopic (exact) mass is 245 g/mol. The van der Waals surface area contributed by atoms with Crippen LogP contribution in [-0.4, -0.2) is 25.6 Å². The fourth-order valence-corrected chi connectivity index (χ4v) is 1.75. The summed E-state index contributed by atoms with van der Waals surface area (Å²) in [7, 11) is 0. The number of nitriles is 1. The van der Waals surface area contributed by atoms with Gasteiger partial charge in [0, 0.05) is 18.2 Å². The van der Waals surface area contributed by atoms with Crippen LogP contribution < -0.4 is 15.4 Å². The average molecular weight is 245 g/mol. The quantitative estimate of drug-likeness (QED) is 0.815. The fourth-order valence-electron chi connectivity index (χ4n) is 1.75. The van der Waals surface area contributed by atoms with E-state index in [1.165, 1.54) is 0 Å². The Balaban J connectivity index is 1.87. The SMILES string of the molecule is N#CCOc1cccc(NC(=O)CC2CNC2)c1. The number of nitrogens with one attached hydrogen (secondary N) is 2. The number of hydrogen-bond acceptors (Lipinski definition) is 4. The van der Waals surface area contributed by atoms with E-state index in [0.29, 0.717) is 23.8 Å². The van der Waals surface area contributed by atoms with E-state index in [1.54, 1.807) is 24.3 Å². The molecule has 1 amide bonds. The highest BCUT2D eigenvalue weighted by atomic mass is 16.5. The van der Waals surface area contributed by atoms with Crippen molar-refractivity contribution in [3.05, 3.63) is 24.3 Å². The summed E-state index contributed by atoms with van der Waals surface area (Å²) in [6.07, 6.45) is 0.538. The van der Waals surface area contributed by atoms with E-state index in [2.05, 4.69) is 10.6 Å². The van der Waals surface area contributed by atoms with E-state index in [0.717, 1.165) is 13.1 Å². The molecule has 5 nitrogen and oxygen atoms in total. The second-order valence-electron chi connectivity index (χ2n) is 4.25. The van der Waals surface area contributed by atoms with Crippen molar-refractivity contribution in [3.63, 3.8) is 0 Å². The average Bonchev–Trinajstić information content (AvgIpc) is 2.32. The summed E-state index contributed by atoms with van der Waals surface area (Å²) in [5, 5.41) is 14.4. The molecule has 5 heteroatoms. The Morgan fingerprint density at radius 3 is 3.06 bits per heavy atom. The van der Waals surface area contributed by atoms with Gasteiger partial charge in [-0.2, -0.15) is 5.26 Å². The number of carbonyl (C=O) groups excluding carboxylic acids is 1. The third-order valence-corrected chi connectivity index (χ3v) is 2.76. The summed E-state index contributed by atoms with van der Waals surface area (Å²) >= 11 is 0. The van der Waals surface area contributed by atoms with Gasteiger partial charge in [-0.3, -0.25) is 4.79 Å².